The molecule has 3 rings (SSSR count). The van der Waals surface area contributed by atoms with Crippen molar-refractivity contribution < 1.29 is 4.79 Å². The largest absolute Gasteiger partial charge is 0.368 e. The van der Waals surface area contributed by atoms with Gasteiger partial charge in [0.1, 0.15) is 0 Å². The van der Waals surface area contributed by atoms with Gasteiger partial charge in [0.2, 0.25) is 5.91 Å². The zero-order valence-electron chi connectivity index (χ0n) is 12.5. The van der Waals surface area contributed by atoms with Gasteiger partial charge in [-0.3, -0.25) is 9.78 Å². The average Bonchev–Trinajstić information content (AvgIpc) is 2.52. The van der Waals surface area contributed by atoms with E-state index in [-0.39, 0.29) is 11.4 Å². The maximum Gasteiger partial charge on any atom is 0.223 e. The molecule has 2 aliphatic heterocycles. The van der Waals surface area contributed by atoms with Gasteiger partial charge in [-0.2, -0.15) is 0 Å². The van der Waals surface area contributed by atoms with E-state index in [1.165, 1.54) is 0 Å². The van der Waals surface area contributed by atoms with Crippen molar-refractivity contribution in [3.63, 3.8) is 0 Å². The number of carbonyl (C=O) groups is 1. The molecule has 0 saturated carbocycles. The van der Waals surface area contributed by atoms with E-state index in [9.17, 15) is 4.79 Å². The molecule has 0 radical (unpaired) electrons. The molecule has 0 unspecified atom stereocenters. The molecule has 1 aromatic heterocycles. The van der Waals surface area contributed by atoms with E-state index in [2.05, 4.69) is 27.4 Å². The molecule has 112 valence electrons. The molecule has 2 aliphatic rings. The van der Waals surface area contributed by atoms with E-state index in [0.29, 0.717) is 13.0 Å². The number of anilines is 1. The molecule has 0 bridgehead atoms. The molecule has 1 aromatic rings. The first-order valence-corrected chi connectivity index (χ1v) is 7.81. The maximum atomic E-state index is 12.3. The van der Waals surface area contributed by atoms with Gasteiger partial charge in [-0.05, 0) is 37.8 Å². The fourth-order valence-corrected chi connectivity index (χ4v) is 3.83. The van der Waals surface area contributed by atoms with Crippen molar-refractivity contribution in [2.45, 2.75) is 37.6 Å². The van der Waals surface area contributed by atoms with E-state index >= 15 is 0 Å². The van der Waals surface area contributed by atoms with Crippen molar-refractivity contribution in [3.05, 3.63) is 37.2 Å². The third-order valence-corrected chi connectivity index (χ3v) is 4.78. The van der Waals surface area contributed by atoms with Crippen LogP contribution in [0, 0.1) is 0 Å². The molecular weight excluding hydrogens is 262 g/mol. The van der Waals surface area contributed by atoms with Crippen LogP contribution in [0.4, 0.5) is 5.69 Å². The predicted molar refractivity (Wildman–Crippen MR) is 84.2 cm³/mol. The normalized spacial score (nSPS) is 26.2. The summed E-state index contributed by atoms with van der Waals surface area (Å²) < 4.78 is 0. The highest BCUT2D eigenvalue weighted by Crippen LogP contribution is 2.37. The standard InChI is InChI=1S/C17H23N3O/c1-2-11-20-16(21)7-3-8-17(20)9-5-12-19(14-17)15-6-4-10-18-13-15/h2,4,6,10,13H,1,3,5,7-9,11-12,14H2/t17-/m0/s1. The Labute approximate surface area is 126 Å². The Bertz CT molecular complexity index is 512. The number of hydrogen-bond donors (Lipinski definition) is 0. The quantitative estimate of drug-likeness (QED) is 0.801. The third kappa shape index (κ3) is 2.67. The topological polar surface area (TPSA) is 36.4 Å². The fraction of sp³-hybridized carbons (Fsp3) is 0.529. The van der Waals surface area contributed by atoms with Gasteiger partial charge in [-0.25, -0.2) is 0 Å². The Morgan fingerprint density at radius 2 is 2.24 bits per heavy atom. The Hall–Kier alpha value is -1.84. The summed E-state index contributed by atoms with van der Waals surface area (Å²) in [5.74, 6) is 0.286. The number of amides is 1. The average molecular weight is 285 g/mol. The van der Waals surface area contributed by atoms with Crippen molar-refractivity contribution in [2.24, 2.45) is 0 Å². The van der Waals surface area contributed by atoms with Crippen LogP contribution in [-0.2, 0) is 4.79 Å². The number of nitrogens with zero attached hydrogens (tertiary/aromatic N) is 3. The SMILES string of the molecule is C=CCN1C(=O)CCC[C@@]12CCCN(c1cccnc1)C2. The predicted octanol–water partition coefficient (Wildman–Crippen LogP) is 2.62. The molecule has 1 spiro atoms. The summed E-state index contributed by atoms with van der Waals surface area (Å²) in [5.41, 5.74) is 1.14. The lowest BCUT2D eigenvalue weighted by molar-refractivity contribution is -0.141. The van der Waals surface area contributed by atoms with Gasteiger partial charge in [0, 0.05) is 32.3 Å². The highest BCUT2D eigenvalue weighted by Gasteiger charge is 2.44. The molecule has 3 heterocycles. The van der Waals surface area contributed by atoms with Crippen LogP contribution in [0.1, 0.15) is 32.1 Å². The summed E-state index contributed by atoms with van der Waals surface area (Å²) in [6.07, 6.45) is 10.6. The molecule has 21 heavy (non-hydrogen) atoms. The highest BCUT2D eigenvalue weighted by molar-refractivity contribution is 5.78. The number of carbonyl (C=O) groups excluding carboxylic acids is 1. The Balaban J connectivity index is 1.85. The number of piperidine rings is 2. The number of rotatable bonds is 3. The first-order chi connectivity index (χ1) is 10.2. The summed E-state index contributed by atoms with van der Waals surface area (Å²) in [7, 11) is 0. The Morgan fingerprint density at radius 3 is 3.00 bits per heavy atom. The minimum absolute atomic E-state index is 0.0163. The molecular formula is C17H23N3O. The minimum atomic E-state index is -0.0163. The van der Waals surface area contributed by atoms with Crippen molar-refractivity contribution in [1.29, 1.82) is 0 Å². The van der Waals surface area contributed by atoms with Gasteiger partial charge in [-0.1, -0.05) is 6.08 Å². The summed E-state index contributed by atoms with van der Waals surface area (Å²) in [4.78, 5) is 21.0. The molecule has 0 aliphatic carbocycles. The van der Waals surface area contributed by atoms with Crippen molar-refractivity contribution in [1.82, 2.24) is 9.88 Å². The number of hydrogen-bond acceptors (Lipinski definition) is 3. The van der Waals surface area contributed by atoms with Gasteiger partial charge < -0.3 is 9.80 Å². The number of likely N-dealkylation sites (tertiary alicyclic amines) is 1. The van der Waals surface area contributed by atoms with Crippen LogP contribution in [0.5, 0.6) is 0 Å². The molecule has 1 atom stereocenters. The van der Waals surface area contributed by atoms with E-state index in [4.69, 9.17) is 0 Å². The number of pyridine rings is 1. The van der Waals surface area contributed by atoms with Crippen LogP contribution in [0.2, 0.25) is 0 Å². The van der Waals surface area contributed by atoms with Crippen LogP contribution in [0.15, 0.2) is 37.2 Å². The first kappa shape index (κ1) is 14.1. The van der Waals surface area contributed by atoms with Crippen LogP contribution >= 0.6 is 0 Å². The molecule has 2 saturated heterocycles. The van der Waals surface area contributed by atoms with E-state index in [1.807, 2.05) is 18.3 Å². The second-order valence-electron chi connectivity index (χ2n) is 6.11. The zero-order chi connectivity index (χ0) is 14.7. The fourth-order valence-electron chi connectivity index (χ4n) is 3.83. The molecule has 1 amide bonds. The van der Waals surface area contributed by atoms with Crippen LogP contribution in [0.3, 0.4) is 0 Å². The smallest absolute Gasteiger partial charge is 0.223 e. The van der Waals surface area contributed by atoms with Gasteiger partial charge >= 0.3 is 0 Å². The first-order valence-electron chi connectivity index (χ1n) is 7.81. The van der Waals surface area contributed by atoms with E-state index in [1.54, 1.807) is 6.20 Å². The molecule has 2 fully saturated rings. The summed E-state index contributed by atoms with van der Waals surface area (Å²) >= 11 is 0. The van der Waals surface area contributed by atoms with Crippen LogP contribution in [-0.4, -0.2) is 41.0 Å². The second kappa shape index (κ2) is 5.88. The van der Waals surface area contributed by atoms with Crippen LogP contribution < -0.4 is 4.90 Å². The maximum absolute atomic E-state index is 12.3. The summed E-state index contributed by atoms with van der Waals surface area (Å²) in [6, 6.07) is 4.08. The van der Waals surface area contributed by atoms with Gasteiger partial charge in [0.15, 0.2) is 0 Å². The molecule has 0 N–H and O–H groups in total. The van der Waals surface area contributed by atoms with Crippen molar-refractivity contribution in [2.75, 3.05) is 24.5 Å². The Kier molecular flexibility index (Phi) is 3.95. The van der Waals surface area contributed by atoms with Crippen molar-refractivity contribution in [3.8, 4) is 0 Å². The number of aromatic nitrogens is 1. The van der Waals surface area contributed by atoms with E-state index in [0.717, 1.165) is 44.5 Å². The second-order valence-corrected chi connectivity index (χ2v) is 6.11. The lowest BCUT2D eigenvalue weighted by Crippen LogP contribution is -2.62. The summed E-state index contributed by atoms with van der Waals surface area (Å²) in [5, 5.41) is 0. The molecule has 4 heteroatoms. The monoisotopic (exact) mass is 285 g/mol. The summed E-state index contributed by atoms with van der Waals surface area (Å²) in [6.45, 7) is 6.45. The van der Waals surface area contributed by atoms with Crippen LogP contribution in [0.25, 0.3) is 0 Å². The Morgan fingerprint density at radius 1 is 1.38 bits per heavy atom. The van der Waals surface area contributed by atoms with Crippen molar-refractivity contribution >= 4 is 11.6 Å². The van der Waals surface area contributed by atoms with Gasteiger partial charge in [0.05, 0.1) is 17.4 Å². The minimum Gasteiger partial charge on any atom is -0.368 e. The molecule has 4 nitrogen and oxygen atoms in total. The molecule has 0 aromatic carbocycles. The van der Waals surface area contributed by atoms with Gasteiger partial charge in [-0.15, -0.1) is 6.58 Å². The zero-order valence-corrected chi connectivity index (χ0v) is 12.5. The lowest BCUT2D eigenvalue weighted by Gasteiger charge is -2.52. The van der Waals surface area contributed by atoms with E-state index < -0.39 is 0 Å². The van der Waals surface area contributed by atoms with Gasteiger partial charge in [0.25, 0.3) is 0 Å². The highest BCUT2D eigenvalue weighted by atomic mass is 16.2. The third-order valence-electron chi connectivity index (χ3n) is 4.78. The lowest BCUT2D eigenvalue weighted by atomic mass is 9.79.